The number of carbonyl (C=O) groups excluding carboxylic acids is 2. The van der Waals surface area contributed by atoms with E-state index in [4.69, 9.17) is 0 Å². The summed E-state index contributed by atoms with van der Waals surface area (Å²) in [6, 6.07) is 7.16. The van der Waals surface area contributed by atoms with Crippen molar-refractivity contribution in [2.24, 2.45) is 0 Å². The Labute approximate surface area is 121 Å². The molecule has 1 aliphatic heterocycles. The molecule has 0 bridgehead atoms. The van der Waals surface area contributed by atoms with Gasteiger partial charge >= 0.3 is 6.03 Å². The third kappa shape index (κ3) is 2.39. The molecule has 1 aromatic rings. The van der Waals surface area contributed by atoms with Crippen LogP contribution in [-0.4, -0.2) is 23.4 Å². The van der Waals surface area contributed by atoms with Gasteiger partial charge in [0.1, 0.15) is 5.54 Å². The average Bonchev–Trinajstić information content (AvgIpc) is 2.59. The lowest BCUT2D eigenvalue weighted by Crippen LogP contribution is -2.41. The number of carbonyl (C=O) groups is 2. The van der Waals surface area contributed by atoms with Gasteiger partial charge in [0.2, 0.25) is 0 Å². The summed E-state index contributed by atoms with van der Waals surface area (Å²) in [6.07, 6.45) is 1.77. The zero-order valence-electron chi connectivity index (χ0n) is 11.1. The first-order valence-electron chi connectivity index (χ1n) is 6.40. The van der Waals surface area contributed by atoms with Gasteiger partial charge in [0.05, 0.1) is 0 Å². The lowest BCUT2D eigenvalue weighted by Gasteiger charge is -2.23. The second kappa shape index (κ2) is 5.33. The molecule has 4 nitrogen and oxygen atoms in total. The number of hydrogen-bond acceptors (Lipinski definition) is 2. The van der Waals surface area contributed by atoms with Crippen LogP contribution in [0.25, 0.3) is 0 Å². The normalized spacial score (nSPS) is 22.8. The number of halogens is 1. The van der Waals surface area contributed by atoms with E-state index in [1.54, 1.807) is 6.92 Å². The van der Waals surface area contributed by atoms with Crippen molar-refractivity contribution >= 4 is 27.9 Å². The van der Waals surface area contributed by atoms with Crippen LogP contribution in [0.2, 0.25) is 0 Å². The monoisotopic (exact) mass is 324 g/mol. The second-order valence-electron chi connectivity index (χ2n) is 4.85. The van der Waals surface area contributed by atoms with Gasteiger partial charge in [0, 0.05) is 16.6 Å². The van der Waals surface area contributed by atoms with Crippen LogP contribution in [-0.2, 0) is 10.3 Å². The summed E-state index contributed by atoms with van der Waals surface area (Å²) < 4.78 is 0.823. The summed E-state index contributed by atoms with van der Waals surface area (Å²) in [5.41, 5.74) is -0.197. The van der Waals surface area contributed by atoms with Crippen LogP contribution in [0.5, 0.6) is 0 Å². The number of nitrogens with zero attached hydrogens (tertiary/aromatic N) is 1. The molecule has 5 heteroatoms. The van der Waals surface area contributed by atoms with Gasteiger partial charge in [-0.05, 0) is 19.4 Å². The summed E-state index contributed by atoms with van der Waals surface area (Å²) in [4.78, 5) is 25.8. The smallest absolute Gasteiger partial charge is 0.319 e. The number of hydrogen-bond donors (Lipinski definition) is 1. The van der Waals surface area contributed by atoms with Crippen LogP contribution in [0.4, 0.5) is 4.79 Å². The maximum Gasteiger partial charge on any atom is 0.325 e. The molecular weight excluding hydrogens is 308 g/mol. The SMILES string of the molecule is CCCCN1C(=O)N[C@@](C)(c2ccccc2Br)C1=O. The highest BCUT2D eigenvalue weighted by atomic mass is 79.9. The van der Waals surface area contributed by atoms with Crippen molar-refractivity contribution in [3.63, 3.8) is 0 Å². The summed E-state index contributed by atoms with van der Waals surface area (Å²) >= 11 is 3.44. The van der Waals surface area contributed by atoms with E-state index in [2.05, 4.69) is 21.2 Å². The number of nitrogens with one attached hydrogen (secondary N) is 1. The fourth-order valence-electron chi connectivity index (χ4n) is 2.27. The number of urea groups is 1. The van der Waals surface area contributed by atoms with Gasteiger partial charge in [-0.25, -0.2) is 4.79 Å². The Morgan fingerprint density at radius 2 is 2.00 bits per heavy atom. The molecule has 0 aliphatic carbocycles. The van der Waals surface area contributed by atoms with Crippen molar-refractivity contribution < 1.29 is 9.59 Å². The van der Waals surface area contributed by atoms with Crippen LogP contribution in [0.1, 0.15) is 32.3 Å². The maximum atomic E-state index is 12.5. The van der Waals surface area contributed by atoms with Gasteiger partial charge in [0.15, 0.2) is 0 Å². The summed E-state index contributed by atoms with van der Waals surface area (Å²) in [5.74, 6) is -0.183. The standard InChI is InChI=1S/C14H17BrN2O2/c1-3-4-9-17-12(18)14(2,16-13(17)19)10-7-5-6-8-11(10)15/h5-8H,3-4,9H2,1-2H3,(H,16,19)/t14-/m0/s1. The topological polar surface area (TPSA) is 49.4 Å². The number of rotatable bonds is 4. The Balaban J connectivity index is 2.33. The largest absolute Gasteiger partial charge is 0.325 e. The van der Waals surface area contributed by atoms with Gasteiger partial charge in [-0.15, -0.1) is 0 Å². The third-order valence-electron chi connectivity index (χ3n) is 3.42. The molecule has 0 spiro atoms. The van der Waals surface area contributed by atoms with Crippen LogP contribution >= 0.6 is 15.9 Å². The Bertz CT molecular complexity index is 518. The van der Waals surface area contributed by atoms with Crippen molar-refractivity contribution in [1.82, 2.24) is 10.2 Å². The molecule has 0 saturated carbocycles. The molecule has 1 aliphatic rings. The van der Waals surface area contributed by atoms with E-state index in [0.29, 0.717) is 6.54 Å². The van der Waals surface area contributed by atoms with Gasteiger partial charge in [-0.2, -0.15) is 0 Å². The molecule has 1 heterocycles. The first-order chi connectivity index (χ1) is 9.00. The fourth-order valence-corrected chi connectivity index (χ4v) is 2.95. The van der Waals surface area contributed by atoms with Gasteiger partial charge in [-0.1, -0.05) is 47.5 Å². The molecule has 1 saturated heterocycles. The molecule has 3 amide bonds. The van der Waals surface area contributed by atoms with Crippen molar-refractivity contribution in [3.8, 4) is 0 Å². The predicted molar refractivity (Wildman–Crippen MR) is 76.6 cm³/mol. The molecule has 1 N–H and O–H groups in total. The van der Waals surface area contributed by atoms with Crippen LogP contribution in [0, 0.1) is 0 Å². The van der Waals surface area contributed by atoms with Gasteiger partial charge < -0.3 is 5.32 Å². The number of unbranched alkanes of at least 4 members (excludes halogenated alkanes) is 1. The minimum absolute atomic E-state index is 0.183. The molecule has 0 aromatic heterocycles. The average molecular weight is 325 g/mol. The van der Waals surface area contributed by atoms with Gasteiger partial charge in [0.25, 0.3) is 5.91 Å². The van der Waals surface area contributed by atoms with E-state index < -0.39 is 5.54 Å². The van der Waals surface area contributed by atoms with Crippen molar-refractivity contribution in [2.75, 3.05) is 6.54 Å². The van der Waals surface area contributed by atoms with Crippen molar-refractivity contribution in [1.29, 1.82) is 0 Å². The third-order valence-corrected chi connectivity index (χ3v) is 4.11. The number of benzene rings is 1. The highest BCUT2D eigenvalue weighted by molar-refractivity contribution is 9.10. The minimum atomic E-state index is -0.981. The van der Waals surface area contributed by atoms with E-state index in [1.807, 2.05) is 31.2 Å². The van der Waals surface area contributed by atoms with Crippen molar-refractivity contribution in [3.05, 3.63) is 34.3 Å². The highest BCUT2D eigenvalue weighted by Crippen LogP contribution is 2.33. The Kier molecular flexibility index (Phi) is 3.94. The highest BCUT2D eigenvalue weighted by Gasteiger charge is 2.49. The molecule has 1 fully saturated rings. The molecular formula is C14H17BrN2O2. The summed E-state index contributed by atoms with van der Waals surface area (Å²) in [7, 11) is 0. The Hall–Kier alpha value is -1.36. The van der Waals surface area contributed by atoms with E-state index >= 15 is 0 Å². The Morgan fingerprint density at radius 3 is 2.63 bits per heavy atom. The summed E-state index contributed by atoms with van der Waals surface area (Å²) in [6.45, 7) is 4.26. The zero-order chi connectivity index (χ0) is 14.0. The van der Waals surface area contributed by atoms with Crippen LogP contribution < -0.4 is 5.32 Å². The van der Waals surface area contributed by atoms with Gasteiger partial charge in [-0.3, -0.25) is 9.69 Å². The molecule has 102 valence electrons. The molecule has 0 unspecified atom stereocenters. The molecule has 0 radical (unpaired) electrons. The zero-order valence-corrected chi connectivity index (χ0v) is 12.7. The Morgan fingerprint density at radius 1 is 1.32 bits per heavy atom. The molecule has 19 heavy (non-hydrogen) atoms. The summed E-state index contributed by atoms with van der Waals surface area (Å²) in [5, 5.41) is 2.80. The molecule has 2 rings (SSSR count). The van der Waals surface area contributed by atoms with E-state index in [0.717, 1.165) is 22.9 Å². The van der Waals surface area contributed by atoms with Crippen molar-refractivity contribution in [2.45, 2.75) is 32.2 Å². The first-order valence-corrected chi connectivity index (χ1v) is 7.19. The predicted octanol–water partition coefficient (Wildman–Crippen LogP) is 3.02. The number of amides is 3. The van der Waals surface area contributed by atoms with Crippen LogP contribution in [0.3, 0.4) is 0 Å². The molecule has 1 aromatic carbocycles. The molecule has 1 atom stereocenters. The maximum absolute atomic E-state index is 12.5. The number of imide groups is 1. The quantitative estimate of drug-likeness (QED) is 0.865. The second-order valence-corrected chi connectivity index (χ2v) is 5.70. The van der Waals surface area contributed by atoms with E-state index in [-0.39, 0.29) is 11.9 Å². The van der Waals surface area contributed by atoms with Crippen LogP contribution in [0.15, 0.2) is 28.7 Å². The van der Waals surface area contributed by atoms with E-state index in [1.165, 1.54) is 4.90 Å². The first kappa shape index (κ1) is 14.1. The fraction of sp³-hybridized carbons (Fsp3) is 0.429. The van der Waals surface area contributed by atoms with E-state index in [9.17, 15) is 9.59 Å². The minimum Gasteiger partial charge on any atom is -0.319 e. The lowest BCUT2D eigenvalue weighted by molar-refractivity contribution is -0.131. The lowest BCUT2D eigenvalue weighted by atomic mass is 9.92.